The quantitative estimate of drug-likeness (QED) is 0.821. The molecule has 0 atom stereocenters. The van der Waals surface area contributed by atoms with E-state index in [0.717, 1.165) is 12.8 Å². The van der Waals surface area contributed by atoms with E-state index in [-0.39, 0.29) is 25.0 Å². The highest BCUT2D eigenvalue weighted by Crippen LogP contribution is 2.22. The number of carbonyl (C=O) groups excluding carboxylic acids is 2. The summed E-state index contributed by atoms with van der Waals surface area (Å²) in [5.74, 6) is -0.0822. The first-order chi connectivity index (χ1) is 9.15. The fourth-order valence-corrected chi connectivity index (χ4v) is 1.63. The van der Waals surface area contributed by atoms with Gasteiger partial charge in [0.2, 0.25) is 5.91 Å². The van der Waals surface area contributed by atoms with Crippen molar-refractivity contribution in [2.45, 2.75) is 18.9 Å². The molecule has 1 aromatic rings. The monoisotopic (exact) mass is 282 g/mol. The number of carbonyl (C=O) groups is 2. The summed E-state index contributed by atoms with van der Waals surface area (Å²) in [6.45, 7) is -0.193. The minimum atomic E-state index is -0.356. The van der Waals surface area contributed by atoms with Crippen LogP contribution in [0, 0.1) is 0 Å². The summed E-state index contributed by atoms with van der Waals surface area (Å²) < 4.78 is 5.25. The Morgan fingerprint density at radius 1 is 1.26 bits per heavy atom. The van der Waals surface area contributed by atoms with Gasteiger partial charge in [-0.15, -0.1) is 0 Å². The zero-order valence-corrected chi connectivity index (χ0v) is 11.1. The van der Waals surface area contributed by atoms with Gasteiger partial charge in [-0.1, -0.05) is 23.7 Å². The van der Waals surface area contributed by atoms with Crippen LogP contribution < -0.4 is 15.4 Å². The maximum atomic E-state index is 11.5. The molecule has 6 heteroatoms. The maximum Gasteiger partial charge on any atom is 0.258 e. The topological polar surface area (TPSA) is 67.4 Å². The second-order valence-corrected chi connectivity index (χ2v) is 4.74. The molecule has 102 valence electrons. The number of benzene rings is 1. The van der Waals surface area contributed by atoms with E-state index < -0.39 is 0 Å². The van der Waals surface area contributed by atoms with Crippen molar-refractivity contribution in [2.75, 3.05) is 13.2 Å². The van der Waals surface area contributed by atoms with Gasteiger partial charge in [0.1, 0.15) is 5.75 Å². The fraction of sp³-hybridized carbons (Fsp3) is 0.385. The highest BCUT2D eigenvalue weighted by molar-refractivity contribution is 6.32. The van der Waals surface area contributed by atoms with Crippen LogP contribution in [-0.4, -0.2) is 31.0 Å². The molecule has 19 heavy (non-hydrogen) atoms. The Bertz CT molecular complexity index is 475. The van der Waals surface area contributed by atoms with Crippen LogP contribution in [0.2, 0.25) is 5.02 Å². The number of hydrogen-bond acceptors (Lipinski definition) is 3. The van der Waals surface area contributed by atoms with Crippen LogP contribution in [0.1, 0.15) is 12.8 Å². The SMILES string of the molecule is O=C(COc1ccccc1Cl)NCC(=O)NC1CC1. The Hall–Kier alpha value is -1.75. The fourth-order valence-electron chi connectivity index (χ4n) is 1.44. The van der Waals surface area contributed by atoms with Gasteiger partial charge in [0.15, 0.2) is 6.61 Å². The average molecular weight is 283 g/mol. The molecule has 2 rings (SSSR count). The Morgan fingerprint density at radius 3 is 2.68 bits per heavy atom. The summed E-state index contributed by atoms with van der Waals surface area (Å²) in [6.07, 6.45) is 2.05. The maximum absolute atomic E-state index is 11.5. The van der Waals surface area contributed by atoms with Crippen molar-refractivity contribution in [3.8, 4) is 5.75 Å². The molecule has 0 heterocycles. The van der Waals surface area contributed by atoms with Crippen molar-refractivity contribution in [3.63, 3.8) is 0 Å². The summed E-state index contributed by atoms with van der Waals surface area (Å²) in [7, 11) is 0. The van der Waals surface area contributed by atoms with E-state index in [1.807, 2.05) is 0 Å². The van der Waals surface area contributed by atoms with Gasteiger partial charge in [0, 0.05) is 6.04 Å². The van der Waals surface area contributed by atoms with Gasteiger partial charge in [-0.25, -0.2) is 0 Å². The third kappa shape index (κ3) is 4.79. The average Bonchev–Trinajstić information content (AvgIpc) is 3.19. The van der Waals surface area contributed by atoms with E-state index in [9.17, 15) is 9.59 Å². The summed E-state index contributed by atoms with van der Waals surface area (Å²) in [6, 6.07) is 7.19. The first-order valence-corrected chi connectivity index (χ1v) is 6.46. The van der Waals surface area contributed by atoms with Crippen LogP contribution in [-0.2, 0) is 9.59 Å². The second-order valence-electron chi connectivity index (χ2n) is 4.34. The normalized spacial score (nSPS) is 13.7. The van der Waals surface area contributed by atoms with Crippen LogP contribution >= 0.6 is 11.6 Å². The number of nitrogens with one attached hydrogen (secondary N) is 2. The van der Waals surface area contributed by atoms with Crippen molar-refractivity contribution in [1.29, 1.82) is 0 Å². The molecule has 0 spiro atoms. The number of ether oxygens (including phenoxy) is 1. The van der Waals surface area contributed by atoms with Crippen molar-refractivity contribution in [3.05, 3.63) is 29.3 Å². The summed E-state index contributed by atoms with van der Waals surface area (Å²) >= 11 is 5.88. The van der Waals surface area contributed by atoms with Crippen LogP contribution in [0.25, 0.3) is 0 Å². The van der Waals surface area contributed by atoms with E-state index in [1.165, 1.54) is 0 Å². The molecule has 1 saturated carbocycles. The van der Waals surface area contributed by atoms with Gasteiger partial charge >= 0.3 is 0 Å². The zero-order valence-electron chi connectivity index (χ0n) is 10.3. The predicted octanol–water partition coefficient (Wildman–Crippen LogP) is 1.11. The smallest absolute Gasteiger partial charge is 0.258 e. The Labute approximate surface area is 116 Å². The molecule has 1 aromatic carbocycles. The highest BCUT2D eigenvalue weighted by Gasteiger charge is 2.23. The summed E-state index contributed by atoms with van der Waals surface area (Å²) in [5.41, 5.74) is 0. The Morgan fingerprint density at radius 2 is 2.00 bits per heavy atom. The van der Waals surface area contributed by atoms with Crippen LogP contribution in [0.4, 0.5) is 0 Å². The lowest BCUT2D eigenvalue weighted by Gasteiger charge is -2.08. The summed E-state index contributed by atoms with van der Waals surface area (Å²) in [5, 5.41) is 5.71. The van der Waals surface area contributed by atoms with Crippen LogP contribution in [0.3, 0.4) is 0 Å². The number of para-hydroxylation sites is 1. The van der Waals surface area contributed by atoms with E-state index >= 15 is 0 Å². The van der Waals surface area contributed by atoms with Crippen molar-refractivity contribution < 1.29 is 14.3 Å². The van der Waals surface area contributed by atoms with Crippen molar-refractivity contribution in [1.82, 2.24) is 10.6 Å². The lowest BCUT2D eigenvalue weighted by atomic mass is 10.3. The molecule has 2 amide bonds. The molecule has 1 aliphatic carbocycles. The van der Waals surface area contributed by atoms with Gasteiger partial charge in [-0.3, -0.25) is 9.59 Å². The van der Waals surface area contributed by atoms with Gasteiger partial charge in [-0.2, -0.15) is 0 Å². The van der Waals surface area contributed by atoms with Gasteiger partial charge in [-0.05, 0) is 25.0 Å². The molecule has 5 nitrogen and oxygen atoms in total. The van der Waals surface area contributed by atoms with Crippen molar-refractivity contribution >= 4 is 23.4 Å². The van der Waals surface area contributed by atoms with Crippen LogP contribution in [0.15, 0.2) is 24.3 Å². The lowest BCUT2D eigenvalue weighted by Crippen LogP contribution is -2.39. The van der Waals surface area contributed by atoms with Gasteiger partial charge in [0.25, 0.3) is 5.91 Å². The molecule has 0 bridgehead atoms. The van der Waals surface area contributed by atoms with E-state index in [4.69, 9.17) is 16.3 Å². The Kier molecular flexibility index (Phi) is 4.63. The molecule has 0 saturated heterocycles. The van der Waals surface area contributed by atoms with E-state index in [0.29, 0.717) is 16.8 Å². The molecule has 2 N–H and O–H groups in total. The number of hydrogen-bond donors (Lipinski definition) is 2. The summed E-state index contributed by atoms with van der Waals surface area (Å²) in [4.78, 5) is 22.8. The highest BCUT2D eigenvalue weighted by atomic mass is 35.5. The number of amides is 2. The third-order valence-corrected chi connectivity index (χ3v) is 2.90. The van der Waals surface area contributed by atoms with Gasteiger partial charge < -0.3 is 15.4 Å². The second kappa shape index (κ2) is 6.43. The predicted molar refractivity (Wildman–Crippen MR) is 71.1 cm³/mol. The van der Waals surface area contributed by atoms with Crippen LogP contribution in [0.5, 0.6) is 5.75 Å². The minimum absolute atomic E-state index is 0.0266. The Balaban J connectivity index is 1.66. The van der Waals surface area contributed by atoms with Crippen molar-refractivity contribution in [2.24, 2.45) is 0 Å². The molecule has 1 fully saturated rings. The first kappa shape index (κ1) is 13.7. The molecular formula is C13H15ClN2O3. The molecule has 1 aliphatic rings. The first-order valence-electron chi connectivity index (χ1n) is 6.08. The van der Waals surface area contributed by atoms with E-state index in [1.54, 1.807) is 24.3 Å². The zero-order chi connectivity index (χ0) is 13.7. The molecule has 0 aliphatic heterocycles. The van der Waals surface area contributed by atoms with E-state index in [2.05, 4.69) is 10.6 Å². The molecule has 0 radical (unpaired) electrons. The largest absolute Gasteiger partial charge is 0.482 e. The number of rotatable bonds is 6. The standard InChI is InChI=1S/C13H15ClN2O3/c14-10-3-1-2-4-11(10)19-8-13(18)15-7-12(17)16-9-5-6-9/h1-4,9H,5-8H2,(H,15,18)(H,16,17). The van der Waals surface area contributed by atoms with Gasteiger partial charge in [0.05, 0.1) is 11.6 Å². The third-order valence-electron chi connectivity index (χ3n) is 2.58. The molecule has 0 aromatic heterocycles. The minimum Gasteiger partial charge on any atom is -0.482 e. The lowest BCUT2D eigenvalue weighted by molar-refractivity contribution is -0.127. The molecular weight excluding hydrogens is 268 g/mol. The number of halogens is 1. The molecule has 0 unspecified atom stereocenters.